The fraction of sp³-hybridized carbons (Fsp3) is 0.429. The number of aliphatic hydroxyl groups excluding tert-OH is 1. The number of rotatable bonds is 11. The van der Waals surface area contributed by atoms with Gasteiger partial charge in [0.2, 0.25) is 10.0 Å². The number of benzene rings is 2. The highest BCUT2D eigenvalue weighted by atomic mass is 32.2. The Balaban J connectivity index is 1.91. The first-order valence-corrected chi connectivity index (χ1v) is 11.0. The Morgan fingerprint density at radius 1 is 1.10 bits per heavy atom. The van der Waals surface area contributed by atoms with Crippen molar-refractivity contribution < 1.29 is 23.0 Å². The van der Waals surface area contributed by atoms with Gasteiger partial charge in [-0.1, -0.05) is 24.3 Å². The third-order valence-corrected chi connectivity index (χ3v) is 6.02. The molecule has 0 radical (unpaired) electrons. The fourth-order valence-electron chi connectivity index (χ4n) is 2.82. The third-order valence-electron chi connectivity index (χ3n) is 4.22. The first-order valence-electron chi connectivity index (χ1n) is 9.52. The summed E-state index contributed by atoms with van der Waals surface area (Å²) in [6, 6.07) is 12.1. The summed E-state index contributed by atoms with van der Waals surface area (Å²) in [5.74, 6) is 1.32. The van der Waals surface area contributed by atoms with E-state index < -0.39 is 16.1 Å². The van der Waals surface area contributed by atoms with Gasteiger partial charge in [0.25, 0.3) is 0 Å². The van der Waals surface area contributed by atoms with Crippen LogP contribution in [0, 0.1) is 6.92 Å². The van der Waals surface area contributed by atoms with Crippen LogP contribution in [0.3, 0.4) is 0 Å². The van der Waals surface area contributed by atoms with E-state index >= 15 is 0 Å². The van der Waals surface area contributed by atoms with Crippen molar-refractivity contribution in [1.29, 1.82) is 0 Å². The second-order valence-electron chi connectivity index (χ2n) is 7.02. The van der Waals surface area contributed by atoms with Crippen molar-refractivity contribution in [3.8, 4) is 11.5 Å². The Kier molecular flexibility index (Phi) is 8.45. The minimum atomic E-state index is -3.63. The molecule has 8 heteroatoms. The van der Waals surface area contributed by atoms with Gasteiger partial charge in [-0.15, -0.1) is 0 Å². The van der Waals surface area contributed by atoms with Crippen LogP contribution in [-0.2, 0) is 10.0 Å². The number of ether oxygens (including phenoxy) is 2. The number of nitrogens with one attached hydrogen (secondary N) is 2. The Morgan fingerprint density at radius 2 is 1.79 bits per heavy atom. The quantitative estimate of drug-likeness (QED) is 0.481. The molecule has 0 heterocycles. The van der Waals surface area contributed by atoms with E-state index in [1.807, 2.05) is 24.3 Å². The Hall–Kier alpha value is -2.13. The molecule has 0 aliphatic heterocycles. The Labute approximate surface area is 173 Å². The van der Waals surface area contributed by atoms with Gasteiger partial charge in [0.05, 0.1) is 18.1 Å². The van der Waals surface area contributed by atoms with Crippen molar-refractivity contribution in [3.05, 3.63) is 53.6 Å². The maximum absolute atomic E-state index is 12.5. The highest BCUT2D eigenvalue weighted by molar-refractivity contribution is 7.89. The van der Waals surface area contributed by atoms with Crippen LogP contribution >= 0.6 is 0 Å². The predicted molar refractivity (Wildman–Crippen MR) is 113 cm³/mol. The third kappa shape index (κ3) is 6.71. The molecule has 160 valence electrons. The number of aliphatic hydroxyl groups is 1. The van der Waals surface area contributed by atoms with Gasteiger partial charge in [-0.05, 0) is 50.1 Å². The van der Waals surface area contributed by atoms with Gasteiger partial charge >= 0.3 is 0 Å². The van der Waals surface area contributed by atoms with E-state index in [1.54, 1.807) is 40.0 Å². The average molecular weight is 423 g/mol. The lowest BCUT2D eigenvalue weighted by molar-refractivity contribution is 0.171. The summed E-state index contributed by atoms with van der Waals surface area (Å²) in [6.07, 6.45) is -0.838. The maximum atomic E-state index is 12.5. The molecule has 7 nitrogen and oxygen atoms in total. The summed E-state index contributed by atoms with van der Waals surface area (Å²) in [7, 11) is -2.04. The lowest BCUT2D eigenvalue weighted by atomic mass is 10.1. The minimum Gasteiger partial charge on any atom is -0.493 e. The molecule has 1 atom stereocenters. The topological polar surface area (TPSA) is 96.9 Å². The molecule has 29 heavy (non-hydrogen) atoms. The first kappa shape index (κ1) is 23.2. The van der Waals surface area contributed by atoms with E-state index in [1.165, 1.54) is 6.07 Å². The van der Waals surface area contributed by atoms with Gasteiger partial charge < -0.3 is 19.9 Å². The minimum absolute atomic E-state index is 0.183. The van der Waals surface area contributed by atoms with E-state index in [0.717, 1.165) is 0 Å². The summed E-state index contributed by atoms with van der Waals surface area (Å²) >= 11 is 0. The Bertz CT molecular complexity index is 900. The summed E-state index contributed by atoms with van der Waals surface area (Å²) in [5.41, 5.74) is 1.17. The molecule has 1 unspecified atom stereocenters. The average Bonchev–Trinajstić information content (AvgIpc) is 2.67. The molecule has 0 fully saturated rings. The summed E-state index contributed by atoms with van der Waals surface area (Å²) in [6.45, 7) is 6.46. The SMILES string of the molecule is COc1ccccc1OCCNCC(O)c1ccc(C)c(S(=O)(=O)NC(C)C)c1. The number of hydrogen-bond acceptors (Lipinski definition) is 6. The van der Waals surface area contributed by atoms with E-state index in [0.29, 0.717) is 35.8 Å². The molecule has 0 amide bonds. The van der Waals surface area contributed by atoms with E-state index in [9.17, 15) is 13.5 Å². The Morgan fingerprint density at radius 3 is 2.45 bits per heavy atom. The van der Waals surface area contributed by atoms with Crippen LogP contribution in [0.1, 0.15) is 31.1 Å². The molecular formula is C21H30N2O5S. The molecule has 3 N–H and O–H groups in total. The zero-order valence-electron chi connectivity index (χ0n) is 17.3. The molecule has 0 saturated heterocycles. The summed E-state index contributed by atoms with van der Waals surface area (Å²) in [4.78, 5) is 0.183. The number of aryl methyl sites for hydroxylation is 1. The number of para-hydroxylation sites is 2. The highest BCUT2D eigenvalue weighted by Crippen LogP contribution is 2.25. The molecule has 0 bridgehead atoms. The molecule has 2 rings (SSSR count). The van der Waals surface area contributed by atoms with Crippen molar-refractivity contribution in [2.75, 3.05) is 26.8 Å². The zero-order chi connectivity index (χ0) is 21.4. The number of hydrogen-bond donors (Lipinski definition) is 3. The second kappa shape index (κ2) is 10.6. The van der Waals surface area contributed by atoms with Crippen LogP contribution in [-0.4, -0.2) is 46.4 Å². The largest absolute Gasteiger partial charge is 0.493 e. The molecule has 0 aliphatic rings. The first-order chi connectivity index (χ1) is 13.7. The predicted octanol–water partition coefficient (Wildman–Crippen LogP) is 2.39. The maximum Gasteiger partial charge on any atom is 0.241 e. The van der Waals surface area contributed by atoms with Gasteiger partial charge in [-0.25, -0.2) is 13.1 Å². The van der Waals surface area contributed by atoms with Gasteiger partial charge in [-0.3, -0.25) is 0 Å². The van der Waals surface area contributed by atoms with Crippen LogP contribution in [0.4, 0.5) is 0 Å². The number of sulfonamides is 1. The van der Waals surface area contributed by atoms with Crippen LogP contribution < -0.4 is 19.5 Å². The summed E-state index contributed by atoms with van der Waals surface area (Å²) in [5, 5.41) is 13.6. The normalized spacial score (nSPS) is 12.8. The van der Waals surface area contributed by atoms with Gasteiger partial charge in [0.15, 0.2) is 11.5 Å². The van der Waals surface area contributed by atoms with Crippen molar-refractivity contribution in [3.63, 3.8) is 0 Å². The van der Waals surface area contributed by atoms with Crippen LogP contribution in [0.15, 0.2) is 47.4 Å². The highest BCUT2D eigenvalue weighted by Gasteiger charge is 2.20. The van der Waals surface area contributed by atoms with E-state index in [4.69, 9.17) is 9.47 Å². The molecule has 2 aromatic rings. The second-order valence-corrected chi connectivity index (χ2v) is 8.70. The van der Waals surface area contributed by atoms with Crippen molar-refractivity contribution >= 4 is 10.0 Å². The van der Waals surface area contributed by atoms with Crippen molar-refractivity contribution in [2.24, 2.45) is 0 Å². The molecule has 0 aliphatic carbocycles. The molecule has 0 aromatic heterocycles. The van der Waals surface area contributed by atoms with Crippen molar-refractivity contribution in [1.82, 2.24) is 10.0 Å². The van der Waals surface area contributed by atoms with Crippen LogP contribution in [0.25, 0.3) is 0 Å². The number of methoxy groups -OCH3 is 1. The molecular weight excluding hydrogens is 392 g/mol. The monoisotopic (exact) mass is 422 g/mol. The van der Waals surface area contributed by atoms with E-state index in [-0.39, 0.29) is 17.5 Å². The summed E-state index contributed by atoms with van der Waals surface area (Å²) < 4.78 is 38.5. The van der Waals surface area contributed by atoms with Gasteiger partial charge in [0, 0.05) is 19.1 Å². The van der Waals surface area contributed by atoms with Crippen molar-refractivity contribution in [2.45, 2.75) is 37.8 Å². The fourth-order valence-corrected chi connectivity index (χ4v) is 4.35. The van der Waals surface area contributed by atoms with E-state index in [2.05, 4.69) is 10.0 Å². The van der Waals surface area contributed by atoms with Gasteiger partial charge in [-0.2, -0.15) is 0 Å². The zero-order valence-corrected chi connectivity index (χ0v) is 18.1. The van der Waals surface area contributed by atoms with Crippen LogP contribution in [0.5, 0.6) is 11.5 Å². The van der Waals surface area contributed by atoms with Crippen LogP contribution in [0.2, 0.25) is 0 Å². The standard InChI is InChI=1S/C21H30N2O5S/c1-15(2)23-29(25,26)21-13-17(10-9-16(21)3)18(24)14-22-11-12-28-20-8-6-5-7-19(20)27-4/h5-10,13,15,18,22-24H,11-12,14H2,1-4H3. The molecule has 2 aromatic carbocycles. The lowest BCUT2D eigenvalue weighted by Crippen LogP contribution is -2.31. The smallest absolute Gasteiger partial charge is 0.241 e. The molecule has 0 spiro atoms. The lowest BCUT2D eigenvalue weighted by Gasteiger charge is -2.16. The van der Waals surface area contributed by atoms with Gasteiger partial charge in [0.1, 0.15) is 6.61 Å². The molecule has 0 saturated carbocycles.